The zero-order valence-electron chi connectivity index (χ0n) is 12.7. The molecular weight excluding hydrogens is 251 g/mol. The van der Waals surface area contributed by atoms with Crippen LogP contribution < -0.4 is 5.32 Å². The Morgan fingerprint density at radius 1 is 1.30 bits per heavy atom. The van der Waals surface area contributed by atoms with Gasteiger partial charge in [0, 0.05) is 31.7 Å². The molecule has 0 amide bonds. The van der Waals surface area contributed by atoms with Gasteiger partial charge in [0.25, 0.3) is 0 Å². The second-order valence-electron chi connectivity index (χ2n) is 6.19. The van der Waals surface area contributed by atoms with E-state index in [2.05, 4.69) is 54.4 Å². The Hall–Kier alpha value is -0.930. The Balaban J connectivity index is 2.00. The largest absolute Gasteiger partial charge is 0.307 e. The summed E-state index contributed by atoms with van der Waals surface area (Å²) >= 11 is 0. The SMILES string of the molecule is CC(C)CC1CNC(c2ccccc2)CN1CCCF. The van der Waals surface area contributed by atoms with Crippen molar-refractivity contribution in [2.24, 2.45) is 5.92 Å². The Morgan fingerprint density at radius 3 is 2.70 bits per heavy atom. The number of nitrogens with zero attached hydrogens (tertiary/aromatic N) is 1. The molecule has 2 atom stereocenters. The lowest BCUT2D eigenvalue weighted by molar-refractivity contribution is 0.110. The van der Waals surface area contributed by atoms with E-state index in [1.807, 2.05) is 0 Å². The van der Waals surface area contributed by atoms with Crippen LogP contribution in [0, 0.1) is 5.92 Å². The number of piperazine rings is 1. The summed E-state index contributed by atoms with van der Waals surface area (Å²) in [5, 5.41) is 3.66. The Bertz CT molecular complexity index is 380. The highest BCUT2D eigenvalue weighted by molar-refractivity contribution is 5.20. The van der Waals surface area contributed by atoms with Crippen LogP contribution in [0.3, 0.4) is 0 Å². The zero-order chi connectivity index (χ0) is 14.4. The fraction of sp³-hybridized carbons (Fsp3) is 0.647. The first-order valence-electron chi connectivity index (χ1n) is 7.79. The van der Waals surface area contributed by atoms with Crippen molar-refractivity contribution >= 4 is 0 Å². The summed E-state index contributed by atoms with van der Waals surface area (Å²) in [7, 11) is 0. The van der Waals surface area contributed by atoms with E-state index in [-0.39, 0.29) is 6.67 Å². The number of alkyl halides is 1. The van der Waals surface area contributed by atoms with Crippen molar-refractivity contribution in [2.75, 3.05) is 26.3 Å². The highest BCUT2D eigenvalue weighted by Gasteiger charge is 2.28. The summed E-state index contributed by atoms with van der Waals surface area (Å²) in [6.45, 7) is 7.17. The summed E-state index contributed by atoms with van der Waals surface area (Å²) in [6.07, 6.45) is 1.83. The predicted octanol–water partition coefficient (Wildman–Crippen LogP) is 3.41. The zero-order valence-corrected chi connectivity index (χ0v) is 12.7. The molecule has 0 saturated carbocycles. The van der Waals surface area contributed by atoms with Gasteiger partial charge in [-0.2, -0.15) is 0 Å². The number of rotatable bonds is 6. The van der Waals surface area contributed by atoms with Crippen LogP contribution in [-0.2, 0) is 0 Å². The summed E-state index contributed by atoms with van der Waals surface area (Å²) in [5.41, 5.74) is 1.33. The number of nitrogens with one attached hydrogen (secondary N) is 1. The monoisotopic (exact) mass is 278 g/mol. The molecule has 0 aromatic heterocycles. The van der Waals surface area contributed by atoms with Gasteiger partial charge in [-0.05, 0) is 24.3 Å². The average Bonchev–Trinajstić information content (AvgIpc) is 2.46. The highest BCUT2D eigenvalue weighted by atomic mass is 19.1. The second-order valence-corrected chi connectivity index (χ2v) is 6.19. The number of hydrogen-bond acceptors (Lipinski definition) is 2. The molecule has 1 N–H and O–H groups in total. The summed E-state index contributed by atoms with van der Waals surface area (Å²) < 4.78 is 12.5. The molecular formula is C17H27FN2. The van der Waals surface area contributed by atoms with Crippen LogP contribution in [0.4, 0.5) is 4.39 Å². The van der Waals surface area contributed by atoms with E-state index in [1.165, 1.54) is 12.0 Å². The summed E-state index contributed by atoms with van der Waals surface area (Å²) in [6, 6.07) is 11.5. The molecule has 0 radical (unpaired) electrons. The van der Waals surface area contributed by atoms with E-state index >= 15 is 0 Å². The van der Waals surface area contributed by atoms with E-state index in [1.54, 1.807) is 0 Å². The first-order valence-corrected chi connectivity index (χ1v) is 7.79. The van der Waals surface area contributed by atoms with Crippen LogP contribution in [0.15, 0.2) is 30.3 Å². The first-order chi connectivity index (χ1) is 9.70. The third kappa shape index (κ3) is 4.29. The van der Waals surface area contributed by atoms with Crippen molar-refractivity contribution in [3.8, 4) is 0 Å². The van der Waals surface area contributed by atoms with Crippen molar-refractivity contribution in [2.45, 2.75) is 38.8 Å². The van der Waals surface area contributed by atoms with Gasteiger partial charge in [0.15, 0.2) is 0 Å². The van der Waals surface area contributed by atoms with Gasteiger partial charge in [-0.1, -0.05) is 44.2 Å². The Labute approximate surface area is 122 Å². The van der Waals surface area contributed by atoms with Crippen LogP contribution in [0.1, 0.15) is 38.3 Å². The van der Waals surface area contributed by atoms with Gasteiger partial charge in [-0.25, -0.2) is 0 Å². The van der Waals surface area contributed by atoms with Crippen molar-refractivity contribution in [3.05, 3.63) is 35.9 Å². The number of hydrogen-bond donors (Lipinski definition) is 1. The van der Waals surface area contributed by atoms with Crippen molar-refractivity contribution in [1.29, 1.82) is 0 Å². The third-order valence-corrected chi connectivity index (χ3v) is 4.06. The minimum atomic E-state index is -0.214. The van der Waals surface area contributed by atoms with E-state index in [0.29, 0.717) is 24.4 Å². The fourth-order valence-corrected chi connectivity index (χ4v) is 3.08. The van der Waals surface area contributed by atoms with Crippen LogP contribution in [0.5, 0.6) is 0 Å². The maximum Gasteiger partial charge on any atom is 0.0906 e. The van der Waals surface area contributed by atoms with Crippen molar-refractivity contribution in [3.63, 3.8) is 0 Å². The second kappa shape index (κ2) is 7.75. The van der Waals surface area contributed by atoms with Crippen LogP contribution in [0.2, 0.25) is 0 Å². The van der Waals surface area contributed by atoms with Crippen LogP contribution in [0.25, 0.3) is 0 Å². The van der Waals surface area contributed by atoms with Gasteiger partial charge < -0.3 is 5.32 Å². The Morgan fingerprint density at radius 2 is 2.05 bits per heavy atom. The van der Waals surface area contributed by atoms with Crippen molar-refractivity contribution < 1.29 is 4.39 Å². The lowest BCUT2D eigenvalue weighted by Gasteiger charge is -2.41. The maximum atomic E-state index is 12.5. The fourth-order valence-electron chi connectivity index (χ4n) is 3.08. The Kier molecular flexibility index (Phi) is 5.99. The molecule has 1 fully saturated rings. The molecule has 3 heteroatoms. The molecule has 2 rings (SSSR count). The van der Waals surface area contributed by atoms with E-state index in [4.69, 9.17) is 0 Å². The smallest absolute Gasteiger partial charge is 0.0906 e. The van der Waals surface area contributed by atoms with Gasteiger partial charge in [0.1, 0.15) is 0 Å². The molecule has 1 heterocycles. The molecule has 0 aliphatic carbocycles. The van der Waals surface area contributed by atoms with Crippen LogP contribution in [-0.4, -0.2) is 37.3 Å². The van der Waals surface area contributed by atoms with E-state index < -0.39 is 0 Å². The van der Waals surface area contributed by atoms with Crippen LogP contribution >= 0.6 is 0 Å². The predicted molar refractivity (Wildman–Crippen MR) is 82.6 cm³/mol. The quantitative estimate of drug-likeness (QED) is 0.858. The molecule has 112 valence electrons. The number of halogens is 1. The maximum absolute atomic E-state index is 12.5. The topological polar surface area (TPSA) is 15.3 Å². The minimum Gasteiger partial charge on any atom is -0.307 e. The summed E-state index contributed by atoms with van der Waals surface area (Å²) in [4.78, 5) is 2.48. The number of benzene rings is 1. The first kappa shape index (κ1) is 15.5. The van der Waals surface area contributed by atoms with Gasteiger partial charge in [-0.3, -0.25) is 9.29 Å². The lowest BCUT2D eigenvalue weighted by Crippen LogP contribution is -2.53. The molecule has 0 bridgehead atoms. The highest BCUT2D eigenvalue weighted by Crippen LogP contribution is 2.23. The van der Waals surface area contributed by atoms with Gasteiger partial charge in [0.2, 0.25) is 0 Å². The average molecular weight is 278 g/mol. The van der Waals surface area contributed by atoms with Gasteiger partial charge >= 0.3 is 0 Å². The summed E-state index contributed by atoms with van der Waals surface area (Å²) in [5.74, 6) is 0.683. The standard InChI is InChI=1S/C17H27FN2/c1-14(2)11-16-12-19-17(13-20(16)10-6-9-18)15-7-4-3-5-8-15/h3-5,7-8,14,16-17,19H,6,9-13H2,1-2H3. The molecule has 1 aliphatic heterocycles. The van der Waals surface area contributed by atoms with E-state index in [9.17, 15) is 4.39 Å². The molecule has 1 aromatic carbocycles. The minimum absolute atomic E-state index is 0.214. The van der Waals surface area contributed by atoms with Crippen molar-refractivity contribution in [1.82, 2.24) is 10.2 Å². The van der Waals surface area contributed by atoms with E-state index in [0.717, 1.165) is 19.6 Å². The molecule has 1 saturated heterocycles. The molecule has 1 aliphatic rings. The van der Waals surface area contributed by atoms with Gasteiger partial charge in [0.05, 0.1) is 6.67 Å². The molecule has 20 heavy (non-hydrogen) atoms. The van der Waals surface area contributed by atoms with Gasteiger partial charge in [-0.15, -0.1) is 0 Å². The third-order valence-electron chi connectivity index (χ3n) is 4.06. The lowest BCUT2D eigenvalue weighted by atomic mass is 9.96. The molecule has 2 unspecified atom stereocenters. The molecule has 0 spiro atoms. The normalized spacial score (nSPS) is 24.2. The molecule has 1 aromatic rings. The molecule has 2 nitrogen and oxygen atoms in total.